The molecule has 1 heterocycles. The first-order chi connectivity index (χ1) is 9.13. The van der Waals surface area contributed by atoms with Crippen LogP contribution in [0.3, 0.4) is 0 Å². The van der Waals surface area contributed by atoms with E-state index in [0.29, 0.717) is 13.1 Å². The van der Waals surface area contributed by atoms with Crippen molar-refractivity contribution >= 4 is 11.7 Å². The van der Waals surface area contributed by atoms with E-state index in [9.17, 15) is 14.9 Å². The normalized spacial score (nSPS) is 10.4. The number of nitro groups is 1. The summed E-state index contributed by atoms with van der Waals surface area (Å²) in [4.78, 5) is 24.9. The van der Waals surface area contributed by atoms with Crippen molar-refractivity contribution in [2.24, 2.45) is 0 Å². The summed E-state index contributed by atoms with van der Waals surface area (Å²) in [5.74, 6) is -0.315. The van der Waals surface area contributed by atoms with Gasteiger partial charge in [-0.3, -0.25) is 4.79 Å². The van der Waals surface area contributed by atoms with Crippen LogP contribution >= 0.6 is 0 Å². The van der Waals surface area contributed by atoms with Crippen LogP contribution < -0.4 is 5.32 Å². The number of aliphatic hydroxyl groups excluding tert-OH is 1. The summed E-state index contributed by atoms with van der Waals surface area (Å²) in [5, 5.41) is 21.7. The first-order valence-corrected chi connectivity index (χ1v) is 6.17. The van der Waals surface area contributed by atoms with Crippen LogP contribution in [0.25, 0.3) is 0 Å². The molecule has 106 valence electrons. The Morgan fingerprint density at radius 2 is 2.26 bits per heavy atom. The minimum absolute atomic E-state index is 0.0969. The molecule has 0 saturated heterocycles. The Morgan fingerprint density at radius 1 is 1.47 bits per heavy atom. The highest BCUT2D eigenvalue weighted by molar-refractivity contribution is 5.75. The number of carbonyl (C=O) groups is 1. The fourth-order valence-corrected chi connectivity index (χ4v) is 1.53. The number of carbonyl (C=O) groups excluding carboxylic acids is 1. The van der Waals surface area contributed by atoms with Crippen molar-refractivity contribution in [1.82, 2.24) is 14.9 Å². The number of nitrogens with one attached hydrogen (secondary N) is 1. The highest BCUT2D eigenvalue weighted by Crippen LogP contribution is 2.05. The van der Waals surface area contributed by atoms with Crippen molar-refractivity contribution in [2.45, 2.75) is 32.2 Å². The lowest BCUT2D eigenvalue weighted by Crippen LogP contribution is -2.25. The molecule has 0 bridgehead atoms. The Labute approximate surface area is 110 Å². The average molecular weight is 270 g/mol. The molecular weight excluding hydrogens is 252 g/mol. The number of nitrogens with zero attached hydrogens (tertiary/aromatic N) is 3. The minimum atomic E-state index is -0.572. The van der Waals surface area contributed by atoms with Gasteiger partial charge < -0.3 is 25.1 Å². The number of amides is 1. The Hall–Kier alpha value is -1.96. The predicted molar refractivity (Wildman–Crippen MR) is 67.4 cm³/mol. The van der Waals surface area contributed by atoms with Crippen molar-refractivity contribution in [3.05, 3.63) is 22.6 Å². The fourth-order valence-electron chi connectivity index (χ4n) is 1.53. The van der Waals surface area contributed by atoms with Gasteiger partial charge in [0.05, 0.1) is 0 Å². The third-order valence-corrected chi connectivity index (χ3v) is 2.56. The van der Waals surface area contributed by atoms with Gasteiger partial charge in [0.1, 0.15) is 6.20 Å². The number of aliphatic hydroxyl groups is 1. The lowest BCUT2D eigenvalue weighted by Gasteiger charge is -2.04. The first-order valence-electron chi connectivity index (χ1n) is 6.17. The summed E-state index contributed by atoms with van der Waals surface area (Å²) < 4.78 is 1.52. The molecule has 0 aliphatic heterocycles. The molecule has 8 heteroatoms. The van der Waals surface area contributed by atoms with Crippen LogP contribution in [0.5, 0.6) is 0 Å². The maximum atomic E-state index is 11.5. The van der Waals surface area contributed by atoms with Gasteiger partial charge in [-0.15, -0.1) is 0 Å². The summed E-state index contributed by atoms with van der Waals surface area (Å²) in [5.41, 5.74) is 0. The quantitative estimate of drug-likeness (QED) is 0.385. The van der Waals surface area contributed by atoms with Crippen LogP contribution in [-0.4, -0.2) is 38.6 Å². The standard InChI is InChI=1S/C11H18N4O4/c16-7-3-1-2-5-12-11(17)4-6-14-8-10(13-9-14)15(18)19/h8-9,16H,1-7H2,(H,12,17). The van der Waals surface area contributed by atoms with Crippen LogP contribution in [0.1, 0.15) is 25.7 Å². The van der Waals surface area contributed by atoms with E-state index < -0.39 is 4.92 Å². The molecule has 0 radical (unpaired) electrons. The molecule has 0 atom stereocenters. The predicted octanol–water partition coefficient (Wildman–Crippen LogP) is 0.460. The van der Waals surface area contributed by atoms with Crippen molar-refractivity contribution in [1.29, 1.82) is 0 Å². The topological polar surface area (TPSA) is 110 Å². The molecule has 19 heavy (non-hydrogen) atoms. The number of imidazole rings is 1. The molecule has 0 spiro atoms. The molecule has 1 amide bonds. The molecule has 0 aliphatic carbocycles. The van der Waals surface area contributed by atoms with Gasteiger partial charge in [0, 0.05) is 26.1 Å². The summed E-state index contributed by atoms with van der Waals surface area (Å²) in [6.45, 7) is 1.12. The first kappa shape index (κ1) is 15.1. The SMILES string of the molecule is O=C(CCn1cnc([N+](=O)[O-])c1)NCCCCCO. The van der Waals surface area contributed by atoms with E-state index in [1.54, 1.807) is 0 Å². The van der Waals surface area contributed by atoms with Gasteiger partial charge in [0.25, 0.3) is 0 Å². The summed E-state index contributed by atoms with van der Waals surface area (Å²) >= 11 is 0. The zero-order chi connectivity index (χ0) is 14.1. The van der Waals surface area contributed by atoms with Gasteiger partial charge in [-0.1, -0.05) is 0 Å². The van der Waals surface area contributed by atoms with Crippen LogP contribution in [0.2, 0.25) is 0 Å². The number of hydrogen-bond acceptors (Lipinski definition) is 5. The van der Waals surface area contributed by atoms with Gasteiger partial charge in [-0.05, 0) is 29.2 Å². The largest absolute Gasteiger partial charge is 0.396 e. The van der Waals surface area contributed by atoms with Crippen molar-refractivity contribution in [2.75, 3.05) is 13.2 Å². The Kier molecular flexibility index (Phi) is 6.51. The van der Waals surface area contributed by atoms with Gasteiger partial charge in [-0.2, -0.15) is 0 Å². The highest BCUT2D eigenvalue weighted by atomic mass is 16.6. The molecule has 1 aromatic heterocycles. The van der Waals surface area contributed by atoms with E-state index in [1.165, 1.54) is 17.1 Å². The maximum absolute atomic E-state index is 11.5. The third-order valence-electron chi connectivity index (χ3n) is 2.56. The van der Waals surface area contributed by atoms with Crippen LogP contribution in [-0.2, 0) is 11.3 Å². The number of aryl methyl sites for hydroxylation is 1. The molecule has 1 aromatic rings. The number of aromatic nitrogens is 2. The minimum Gasteiger partial charge on any atom is -0.396 e. The second kappa shape index (κ2) is 8.20. The smallest absolute Gasteiger partial charge is 0.381 e. The van der Waals surface area contributed by atoms with Crippen molar-refractivity contribution in [3.63, 3.8) is 0 Å². The van der Waals surface area contributed by atoms with Crippen LogP contribution in [0.15, 0.2) is 12.5 Å². The highest BCUT2D eigenvalue weighted by Gasteiger charge is 2.10. The second-order valence-electron chi connectivity index (χ2n) is 4.11. The van der Waals surface area contributed by atoms with Crippen LogP contribution in [0, 0.1) is 10.1 Å². The van der Waals surface area contributed by atoms with Gasteiger partial charge >= 0.3 is 5.82 Å². The third kappa shape index (κ3) is 5.96. The second-order valence-corrected chi connectivity index (χ2v) is 4.11. The molecular formula is C11H18N4O4. The van der Waals surface area contributed by atoms with E-state index in [4.69, 9.17) is 5.11 Å². The van der Waals surface area contributed by atoms with Crippen LogP contribution in [0.4, 0.5) is 5.82 Å². The molecule has 0 fully saturated rings. The lowest BCUT2D eigenvalue weighted by molar-refractivity contribution is -0.389. The lowest BCUT2D eigenvalue weighted by atomic mass is 10.2. The number of rotatable bonds is 9. The Balaban J connectivity index is 2.17. The summed E-state index contributed by atoms with van der Waals surface area (Å²) in [7, 11) is 0. The Bertz CT molecular complexity index is 419. The van der Waals surface area contributed by atoms with Crippen molar-refractivity contribution < 1.29 is 14.8 Å². The summed E-state index contributed by atoms with van der Waals surface area (Å²) in [6, 6.07) is 0. The molecule has 0 unspecified atom stereocenters. The van der Waals surface area contributed by atoms with E-state index in [-0.39, 0.29) is 24.8 Å². The van der Waals surface area contributed by atoms with Crippen molar-refractivity contribution in [3.8, 4) is 0 Å². The number of hydrogen-bond donors (Lipinski definition) is 2. The molecule has 1 rings (SSSR count). The van der Waals surface area contributed by atoms with E-state index in [1.807, 2.05) is 0 Å². The van der Waals surface area contributed by atoms with E-state index in [0.717, 1.165) is 19.3 Å². The molecule has 0 aromatic carbocycles. The van der Waals surface area contributed by atoms with Gasteiger partial charge in [-0.25, -0.2) is 0 Å². The fraction of sp³-hybridized carbons (Fsp3) is 0.636. The number of unbranched alkanes of at least 4 members (excludes halogenated alkanes) is 2. The molecule has 0 saturated carbocycles. The van der Waals surface area contributed by atoms with Gasteiger partial charge in [0.2, 0.25) is 12.2 Å². The van der Waals surface area contributed by atoms with Gasteiger partial charge in [0.15, 0.2) is 0 Å². The molecule has 8 nitrogen and oxygen atoms in total. The zero-order valence-corrected chi connectivity index (χ0v) is 10.6. The molecule has 0 aliphatic rings. The zero-order valence-electron chi connectivity index (χ0n) is 10.6. The van der Waals surface area contributed by atoms with E-state index in [2.05, 4.69) is 10.3 Å². The average Bonchev–Trinajstić information content (AvgIpc) is 2.85. The molecule has 2 N–H and O–H groups in total. The Morgan fingerprint density at radius 3 is 2.89 bits per heavy atom. The summed E-state index contributed by atoms with van der Waals surface area (Å²) in [6.07, 6.45) is 5.36. The monoisotopic (exact) mass is 270 g/mol. The van der Waals surface area contributed by atoms with E-state index >= 15 is 0 Å². The maximum Gasteiger partial charge on any atom is 0.381 e.